The van der Waals surface area contributed by atoms with Gasteiger partial charge in [0.05, 0.1) is 0 Å². The predicted octanol–water partition coefficient (Wildman–Crippen LogP) is 2.32. The number of hydrogen-bond donors (Lipinski definition) is 1. The number of carbonyl (C=O) groups is 2. The Bertz CT molecular complexity index is 601. The number of fused-ring (bicyclic) bond motifs is 3. The van der Waals surface area contributed by atoms with Gasteiger partial charge < -0.3 is 14.9 Å². The summed E-state index contributed by atoms with van der Waals surface area (Å²) in [7, 11) is 0. The van der Waals surface area contributed by atoms with Gasteiger partial charge >= 0.3 is 6.09 Å². The highest BCUT2D eigenvalue weighted by atomic mass is 16.4. The average Bonchev–Trinajstić information content (AvgIpc) is 2.95. The van der Waals surface area contributed by atoms with Gasteiger partial charge in [0.1, 0.15) is 0 Å². The van der Waals surface area contributed by atoms with Crippen molar-refractivity contribution < 1.29 is 14.7 Å². The number of rotatable bonds is 1. The molecule has 3 aliphatic heterocycles. The lowest BCUT2D eigenvalue weighted by molar-refractivity contribution is 0.0451. The van der Waals surface area contributed by atoms with Gasteiger partial charge in [0, 0.05) is 30.2 Å². The van der Waals surface area contributed by atoms with Gasteiger partial charge in [0.15, 0.2) is 0 Å². The summed E-state index contributed by atoms with van der Waals surface area (Å²) in [5.41, 5.74) is 1.90. The molecule has 0 aliphatic carbocycles. The fraction of sp³-hybridized carbons (Fsp3) is 0.500. The van der Waals surface area contributed by atoms with Gasteiger partial charge in [0.25, 0.3) is 5.91 Å². The Labute approximate surface area is 123 Å². The molecule has 0 radical (unpaired) electrons. The van der Waals surface area contributed by atoms with E-state index >= 15 is 0 Å². The lowest BCUT2D eigenvalue weighted by Crippen LogP contribution is -2.52. The molecule has 2 bridgehead atoms. The Morgan fingerprint density at radius 2 is 1.76 bits per heavy atom. The van der Waals surface area contributed by atoms with E-state index in [9.17, 15) is 14.7 Å². The fourth-order valence-corrected chi connectivity index (χ4v) is 4.29. The third-order valence-electron chi connectivity index (χ3n) is 5.22. The topological polar surface area (TPSA) is 60.9 Å². The Hall–Kier alpha value is -2.04. The number of benzene rings is 1. The molecule has 1 aromatic rings. The minimum absolute atomic E-state index is 0.0859. The number of hydrogen-bond acceptors (Lipinski definition) is 2. The van der Waals surface area contributed by atoms with Crippen molar-refractivity contribution in [2.75, 3.05) is 0 Å². The van der Waals surface area contributed by atoms with E-state index in [1.54, 1.807) is 4.90 Å². The third kappa shape index (κ3) is 1.83. The van der Waals surface area contributed by atoms with E-state index < -0.39 is 6.09 Å². The van der Waals surface area contributed by atoms with Crippen LogP contribution in [0.2, 0.25) is 0 Å². The van der Waals surface area contributed by atoms with Crippen LogP contribution in [0.1, 0.15) is 41.6 Å². The molecule has 0 saturated carbocycles. The first-order valence-corrected chi connectivity index (χ1v) is 7.55. The first kappa shape index (κ1) is 12.7. The second-order valence-electron chi connectivity index (χ2n) is 6.29. The highest BCUT2D eigenvalue weighted by Crippen LogP contribution is 2.39. The summed E-state index contributed by atoms with van der Waals surface area (Å²) in [6.45, 7) is 0.673. The summed E-state index contributed by atoms with van der Waals surface area (Å²) >= 11 is 0. The standard InChI is InChI=1S/C16H18N2O3/c19-15-14-4-2-1-3-10(14)9-17(15)13-7-11-5-6-12(8-13)18(11)16(20)21/h1-4,11-13H,5-9H2,(H,20,21). The van der Waals surface area contributed by atoms with Crippen LogP contribution >= 0.6 is 0 Å². The van der Waals surface area contributed by atoms with Crippen molar-refractivity contribution in [2.24, 2.45) is 0 Å². The van der Waals surface area contributed by atoms with Crippen molar-refractivity contribution in [3.05, 3.63) is 35.4 Å². The van der Waals surface area contributed by atoms with Gasteiger partial charge in [0.2, 0.25) is 0 Å². The van der Waals surface area contributed by atoms with Crippen LogP contribution in [0.25, 0.3) is 0 Å². The van der Waals surface area contributed by atoms with Crippen molar-refractivity contribution in [1.82, 2.24) is 9.80 Å². The zero-order valence-corrected chi connectivity index (χ0v) is 11.7. The molecule has 2 amide bonds. The smallest absolute Gasteiger partial charge is 0.407 e. The van der Waals surface area contributed by atoms with E-state index in [4.69, 9.17) is 0 Å². The van der Waals surface area contributed by atoms with Crippen LogP contribution in [0, 0.1) is 0 Å². The van der Waals surface area contributed by atoms with Crippen LogP contribution in [0.5, 0.6) is 0 Å². The zero-order chi connectivity index (χ0) is 14.6. The molecule has 0 spiro atoms. The number of carboxylic acid groups (broad SMARTS) is 1. The van der Waals surface area contributed by atoms with Crippen molar-refractivity contribution in [2.45, 2.75) is 50.4 Å². The Kier molecular flexibility index (Phi) is 2.71. The third-order valence-corrected chi connectivity index (χ3v) is 5.22. The maximum atomic E-state index is 12.5. The first-order chi connectivity index (χ1) is 10.1. The normalized spacial score (nSPS) is 30.7. The summed E-state index contributed by atoms with van der Waals surface area (Å²) in [4.78, 5) is 27.4. The molecule has 5 heteroatoms. The van der Waals surface area contributed by atoms with E-state index in [2.05, 4.69) is 0 Å². The molecule has 2 fully saturated rings. The second-order valence-corrected chi connectivity index (χ2v) is 6.29. The molecule has 3 aliphatic rings. The van der Waals surface area contributed by atoms with Gasteiger partial charge in [-0.1, -0.05) is 18.2 Å². The monoisotopic (exact) mass is 286 g/mol. The summed E-state index contributed by atoms with van der Waals surface area (Å²) in [5.74, 6) is 0.110. The molecule has 110 valence electrons. The van der Waals surface area contributed by atoms with Crippen LogP contribution in [0.4, 0.5) is 4.79 Å². The molecule has 5 nitrogen and oxygen atoms in total. The highest BCUT2D eigenvalue weighted by Gasteiger charge is 2.46. The van der Waals surface area contributed by atoms with Gasteiger partial charge in [-0.25, -0.2) is 4.79 Å². The van der Waals surface area contributed by atoms with E-state index in [0.29, 0.717) is 6.54 Å². The van der Waals surface area contributed by atoms with Crippen molar-refractivity contribution in [3.8, 4) is 0 Å². The van der Waals surface area contributed by atoms with Crippen LogP contribution in [0.3, 0.4) is 0 Å². The minimum atomic E-state index is -0.808. The Morgan fingerprint density at radius 1 is 1.10 bits per heavy atom. The summed E-state index contributed by atoms with van der Waals surface area (Å²) in [6, 6.07) is 8.11. The summed E-state index contributed by atoms with van der Waals surface area (Å²) in [6.07, 6.45) is 2.62. The zero-order valence-electron chi connectivity index (χ0n) is 11.7. The van der Waals surface area contributed by atoms with E-state index in [-0.39, 0.29) is 24.0 Å². The summed E-state index contributed by atoms with van der Waals surface area (Å²) in [5, 5.41) is 9.31. The number of nitrogens with zero attached hydrogens (tertiary/aromatic N) is 2. The SMILES string of the molecule is O=C1c2ccccc2CN1C1CC2CCC(C1)N2C(=O)O. The molecular formula is C16H18N2O3. The largest absolute Gasteiger partial charge is 0.465 e. The molecule has 3 heterocycles. The molecular weight excluding hydrogens is 268 g/mol. The Balaban J connectivity index is 1.56. The fourth-order valence-electron chi connectivity index (χ4n) is 4.29. The van der Waals surface area contributed by atoms with Crippen LogP contribution < -0.4 is 0 Å². The molecule has 4 rings (SSSR count). The first-order valence-electron chi connectivity index (χ1n) is 7.55. The average molecular weight is 286 g/mol. The molecule has 0 aromatic heterocycles. The number of amides is 2. The van der Waals surface area contributed by atoms with Gasteiger partial charge in [-0.3, -0.25) is 4.79 Å². The number of carbonyl (C=O) groups excluding carboxylic acids is 1. The van der Waals surface area contributed by atoms with Crippen LogP contribution in [0.15, 0.2) is 24.3 Å². The van der Waals surface area contributed by atoms with Crippen LogP contribution in [-0.4, -0.2) is 45.0 Å². The lowest BCUT2D eigenvalue weighted by Gasteiger charge is -2.40. The second kappa shape index (κ2) is 4.48. The lowest BCUT2D eigenvalue weighted by atomic mass is 9.96. The van der Waals surface area contributed by atoms with Gasteiger partial charge in [-0.15, -0.1) is 0 Å². The molecule has 2 atom stereocenters. The molecule has 1 aromatic carbocycles. The number of piperidine rings is 1. The van der Waals surface area contributed by atoms with Crippen LogP contribution in [-0.2, 0) is 6.54 Å². The Morgan fingerprint density at radius 3 is 2.38 bits per heavy atom. The van der Waals surface area contributed by atoms with Crippen molar-refractivity contribution in [3.63, 3.8) is 0 Å². The molecule has 2 unspecified atom stereocenters. The molecule has 21 heavy (non-hydrogen) atoms. The van der Waals surface area contributed by atoms with Crippen molar-refractivity contribution >= 4 is 12.0 Å². The minimum Gasteiger partial charge on any atom is -0.465 e. The summed E-state index contributed by atoms with van der Waals surface area (Å²) < 4.78 is 0. The van der Waals surface area contributed by atoms with Crippen molar-refractivity contribution in [1.29, 1.82) is 0 Å². The van der Waals surface area contributed by atoms with E-state index in [1.807, 2.05) is 29.2 Å². The van der Waals surface area contributed by atoms with E-state index in [1.165, 1.54) is 0 Å². The maximum Gasteiger partial charge on any atom is 0.407 e. The predicted molar refractivity (Wildman–Crippen MR) is 76.0 cm³/mol. The van der Waals surface area contributed by atoms with E-state index in [0.717, 1.165) is 36.8 Å². The van der Waals surface area contributed by atoms with Gasteiger partial charge in [-0.05, 0) is 37.3 Å². The molecule has 2 saturated heterocycles. The highest BCUT2D eigenvalue weighted by molar-refractivity contribution is 5.98. The van der Waals surface area contributed by atoms with Gasteiger partial charge in [-0.2, -0.15) is 0 Å². The maximum absolute atomic E-state index is 12.5. The molecule has 1 N–H and O–H groups in total. The quantitative estimate of drug-likeness (QED) is 0.861.